The Labute approximate surface area is 166 Å². The predicted molar refractivity (Wildman–Crippen MR) is 107 cm³/mol. The van der Waals surface area contributed by atoms with Crippen molar-refractivity contribution in [1.29, 1.82) is 0 Å². The quantitative estimate of drug-likeness (QED) is 0.770. The number of sulfonamides is 2. The molecule has 0 spiro atoms. The van der Waals surface area contributed by atoms with Gasteiger partial charge in [0.2, 0.25) is 10.0 Å². The van der Waals surface area contributed by atoms with E-state index >= 15 is 0 Å². The lowest BCUT2D eigenvalue weighted by atomic mass is 10.0. The maximum absolute atomic E-state index is 12.8. The van der Waals surface area contributed by atoms with Crippen molar-refractivity contribution in [2.45, 2.75) is 29.6 Å². The zero-order chi connectivity index (χ0) is 20.4. The second-order valence-electron chi connectivity index (χ2n) is 6.92. The van der Waals surface area contributed by atoms with Crippen molar-refractivity contribution in [3.63, 3.8) is 0 Å². The van der Waals surface area contributed by atoms with E-state index in [1.54, 1.807) is 12.1 Å². The molecule has 0 amide bonds. The van der Waals surface area contributed by atoms with Crippen LogP contribution in [-0.4, -0.2) is 41.3 Å². The summed E-state index contributed by atoms with van der Waals surface area (Å²) in [4.78, 5) is 0.251. The number of nitrogens with one attached hydrogen (secondary N) is 1. The molecule has 0 saturated carbocycles. The van der Waals surface area contributed by atoms with Gasteiger partial charge in [-0.25, -0.2) is 16.8 Å². The van der Waals surface area contributed by atoms with Crippen LogP contribution in [0.1, 0.15) is 19.8 Å². The van der Waals surface area contributed by atoms with E-state index in [2.05, 4.69) is 4.72 Å². The zero-order valence-electron chi connectivity index (χ0n) is 15.8. The summed E-state index contributed by atoms with van der Waals surface area (Å²) in [6.45, 7) is 3.06. The van der Waals surface area contributed by atoms with Crippen LogP contribution in [0, 0.1) is 5.92 Å². The summed E-state index contributed by atoms with van der Waals surface area (Å²) in [6.07, 6.45) is 1.87. The number of hydrogen-bond acceptors (Lipinski definition) is 5. The Hall–Kier alpha value is -2.10. The van der Waals surface area contributed by atoms with Gasteiger partial charge in [0.25, 0.3) is 10.0 Å². The number of anilines is 1. The number of benzene rings is 2. The Morgan fingerprint density at radius 3 is 2.14 bits per heavy atom. The fraction of sp³-hybridized carbons (Fsp3) is 0.368. The third-order valence-corrected chi connectivity index (χ3v) is 8.01. The van der Waals surface area contributed by atoms with Crippen molar-refractivity contribution in [3.8, 4) is 5.75 Å². The molecule has 9 heteroatoms. The van der Waals surface area contributed by atoms with Crippen LogP contribution in [0.5, 0.6) is 5.75 Å². The van der Waals surface area contributed by atoms with Crippen molar-refractivity contribution in [1.82, 2.24) is 4.31 Å². The molecule has 0 aliphatic carbocycles. The molecule has 0 bridgehead atoms. The van der Waals surface area contributed by atoms with E-state index in [-0.39, 0.29) is 9.79 Å². The highest BCUT2D eigenvalue weighted by molar-refractivity contribution is 7.92. The summed E-state index contributed by atoms with van der Waals surface area (Å²) in [7, 11) is -5.85. The van der Waals surface area contributed by atoms with Crippen LogP contribution in [0.2, 0.25) is 0 Å². The van der Waals surface area contributed by atoms with Crippen LogP contribution in [-0.2, 0) is 20.0 Å². The zero-order valence-corrected chi connectivity index (χ0v) is 17.5. The molecule has 7 nitrogen and oxygen atoms in total. The van der Waals surface area contributed by atoms with Crippen molar-refractivity contribution < 1.29 is 21.6 Å². The van der Waals surface area contributed by atoms with Gasteiger partial charge >= 0.3 is 0 Å². The minimum absolute atomic E-state index is 0.0901. The third-order valence-electron chi connectivity index (χ3n) is 4.73. The van der Waals surface area contributed by atoms with E-state index in [1.807, 2.05) is 6.92 Å². The first kappa shape index (κ1) is 20.6. The molecule has 1 aliphatic heterocycles. The summed E-state index contributed by atoms with van der Waals surface area (Å²) in [6, 6.07) is 11.8. The fourth-order valence-electron chi connectivity index (χ4n) is 3.18. The average Bonchev–Trinajstić information content (AvgIpc) is 2.68. The largest absolute Gasteiger partial charge is 0.497 e. The molecule has 0 unspecified atom stereocenters. The molecule has 152 valence electrons. The van der Waals surface area contributed by atoms with Crippen molar-refractivity contribution in [2.75, 3.05) is 24.9 Å². The van der Waals surface area contributed by atoms with Gasteiger partial charge in [-0.1, -0.05) is 6.92 Å². The summed E-state index contributed by atoms with van der Waals surface area (Å²) in [5.41, 5.74) is 0.293. The van der Waals surface area contributed by atoms with Crippen LogP contribution in [0.4, 0.5) is 5.69 Å². The molecule has 1 aliphatic rings. The van der Waals surface area contributed by atoms with Gasteiger partial charge in [0, 0.05) is 18.8 Å². The molecular weight excluding hydrogens is 400 g/mol. The van der Waals surface area contributed by atoms with Crippen LogP contribution in [0.15, 0.2) is 58.3 Å². The number of nitrogens with zero attached hydrogens (tertiary/aromatic N) is 1. The molecule has 0 radical (unpaired) electrons. The predicted octanol–water partition coefficient (Wildman–Crippen LogP) is 2.92. The minimum atomic E-state index is -3.78. The number of ether oxygens (including phenoxy) is 1. The Morgan fingerprint density at radius 2 is 1.57 bits per heavy atom. The Balaban J connectivity index is 1.76. The normalized spacial score (nSPS) is 18.6. The second kappa shape index (κ2) is 8.10. The van der Waals surface area contributed by atoms with Gasteiger partial charge in [0.1, 0.15) is 5.75 Å². The van der Waals surface area contributed by atoms with Crippen LogP contribution in [0.3, 0.4) is 0 Å². The van der Waals surface area contributed by atoms with Gasteiger partial charge in [0.15, 0.2) is 0 Å². The van der Waals surface area contributed by atoms with E-state index in [4.69, 9.17) is 4.74 Å². The van der Waals surface area contributed by atoms with Gasteiger partial charge in [0.05, 0.1) is 16.9 Å². The fourth-order valence-corrected chi connectivity index (χ4v) is 5.83. The Bertz CT molecular complexity index is 1020. The molecule has 1 heterocycles. The monoisotopic (exact) mass is 424 g/mol. The Kier molecular flexibility index (Phi) is 5.97. The molecular formula is C19H24N2O5S2. The lowest BCUT2D eigenvalue weighted by molar-refractivity contribution is 0.281. The van der Waals surface area contributed by atoms with Gasteiger partial charge < -0.3 is 4.74 Å². The topological polar surface area (TPSA) is 92.8 Å². The first-order chi connectivity index (χ1) is 13.2. The van der Waals surface area contributed by atoms with Crippen LogP contribution in [0.25, 0.3) is 0 Å². The average molecular weight is 425 g/mol. The van der Waals surface area contributed by atoms with Crippen molar-refractivity contribution in [2.24, 2.45) is 5.92 Å². The molecule has 3 rings (SSSR count). The number of piperidine rings is 1. The summed E-state index contributed by atoms with van der Waals surface area (Å²) in [5, 5.41) is 0. The third kappa shape index (κ3) is 4.48. The second-order valence-corrected chi connectivity index (χ2v) is 10.5. The molecule has 28 heavy (non-hydrogen) atoms. The van der Waals surface area contributed by atoms with Gasteiger partial charge in [-0.15, -0.1) is 0 Å². The summed E-state index contributed by atoms with van der Waals surface area (Å²) < 4.78 is 59.5. The van der Waals surface area contributed by atoms with Gasteiger partial charge in [-0.3, -0.25) is 4.72 Å². The number of rotatable bonds is 6. The first-order valence-corrected chi connectivity index (χ1v) is 11.9. The molecule has 1 N–H and O–H groups in total. The van der Waals surface area contributed by atoms with Crippen LogP contribution >= 0.6 is 0 Å². The van der Waals surface area contributed by atoms with E-state index in [9.17, 15) is 16.8 Å². The number of hydrogen-bond donors (Lipinski definition) is 1. The first-order valence-electron chi connectivity index (χ1n) is 8.99. The summed E-state index contributed by atoms with van der Waals surface area (Å²) >= 11 is 0. The van der Waals surface area contributed by atoms with E-state index < -0.39 is 20.0 Å². The standard InChI is InChI=1S/C19H24N2O5S2/c1-15-4-3-13-21(14-15)28(24,25)19-9-5-16(6-10-19)20-27(22,23)18-11-7-17(26-2)8-12-18/h5-12,15,20H,3-4,13-14H2,1-2H3/t15-/m0/s1. The Morgan fingerprint density at radius 1 is 0.964 bits per heavy atom. The molecule has 2 aromatic rings. The lowest BCUT2D eigenvalue weighted by Gasteiger charge is -2.30. The highest BCUT2D eigenvalue weighted by atomic mass is 32.2. The van der Waals surface area contributed by atoms with E-state index in [1.165, 1.54) is 47.8 Å². The molecule has 1 atom stereocenters. The van der Waals surface area contributed by atoms with Crippen molar-refractivity contribution in [3.05, 3.63) is 48.5 Å². The van der Waals surface area contributed by atoms with Gasteiger partial charge in [-0.05, 0) is 67.3 Å². The van der Waals surface area contributed by atoms with Crippen molar-refractivity contribution >= 4 is 25.7 Å². The molecule has 2 aromatic carbocycles. The lowest BCUT2D eigenvalue weighted by Crippen LogP contribution is -2.39. The highest BCUT2D eigenvalue weighted by Gasteiger charge is 2.28. The maximum Gasteiger partial charge on any atom is 0.261 e. The minimum Gasteiger partial charge on any atom is -0.497 e. The highest BCUT2D eigenvalue weighted by Crippen LogP contribution is 2.25. The van der Waals surface area contributed by atoms with Gasteiger partial charge in [-0.2, -0.15) is 4.31 Å². The maximum atomic E-state index is 12.8. The molecule has 1 saturated heterocycles. The summed E-state index contributed by atoms with van der Waals surface area (Å²) in [5.74, 6) is 0.889. The van der Waals surface area contributed by atoms with E-state index in [0.717, 1.165) is 12.8 Å². The smallest absolute Gasteiger partial charge is 0.261 e. The molecule has 1 fully saturated rings. The molecule has 0 aromatic heterocycles. The van der Waals surface area contributed by atoms with Crippen LogP contribution < -0.4 is 9.46 Å². The SMILES string of the molecule is COc1ccc(S(=O)(=O)Nc2ccc(S(=O)(=O)N3CCC[C@H](C)C3)cc2)cc1. The number of methoxy groups -OCH3 is 1. The van der Waals surface area contributed by atoms with E-state index in [0.29, 0.717) is 30.4 Å².